The second kappa shape index (κ2) is 2.49. The fourth-order valence-corrected chi connectivity index (χ4v) is 1.23. The van der Waals surface area contributed by atoms with E-state index >= 15 is 0 Å². The van der Waals surface area contributed by atoms with Crippen molar-refractivity contribution in [2.24, 2.45) is 0 Å². The van der Waals surface area contributed by atoms with Gasteiger partial charge < -0.3 is 10.2 Å². The van der Waals surface area contributed by atoms with Gasteiger partial charge >= 0.3 is 0 Å². The number of hydrogen-bond acceptors (Lipinski definition) is 4. The Morgan fingerprint density at radius 1 is 1.62 bits per heavy atom. The van der Waals surface area contributed by atoms with Crippen LogP contribution in [0, 0.1) is 18.3 Å². The number of furan rings is 1. The van der Waals surface area contributed by atoms with Crippen molar-refractivity contribution in [1.29, 1.82) is 5.26 Å². The van der Waals surface area contributed by atoms with Crippen LogP contribution in [0.4, 0.5) is 5.88 Å². The van der Waals surface area contributed by atoms with E-state index in [4.69, 9.17) is 15.4 Å². The van der Waals surface area contributed by atoms with E-state index in [0.717, 1.165) is 5.56 Å². The van der Waals surface area contributed by atoms with Gasteiger partial charge in [-0.25, -0.2) is 0 Å². The molecule has 0 saturated carbocycles. The fraction of sp³-hybridized carbons (Fsp3) is 0.111. The number of nitrogens with two attached hydrogens (primary N) is 1. The second-order valence-electron chi connectivity index (χ2n) is 2.77. The molecule has 2 aromatic heterocycles. The first kappa shape index (κ1) is 7.62. The Labute approximate surface area is 74.6 Å². The zero-order valence-electron chi connectivity index (χ0n) is 7.03. The molecule has 2 rings (SSSR count). The van der Waals surface area contributed by atoms with Gasteiger partial charge in [0, 0.05) is 17.8 Å². The van der Waals surface area contributed by atoms with Crippen molar-refractivity contribution < 1.29 is 4.42 Å². The molecule has 0 saturated heterocycles. The molecule has 0 spiro atoms. The van der Waals surface area contributed by atoms with Crippen LogP contribution in [-0.4, -0.2) is 4.98 Å². The minimum absolute atomic E-state index is 0.320. The van der Waals surface area contributed by atoms with E-state index in [1.807, 2.05) is 13.0 Å². The zero-order chi connectivity index (χ0) is 9.42. The third kappa shape index (κ3) is 1.02. The Bertz CT molecular complexity index is 507. The smallest absolute Gasteiger partial charge is 0.193 e. The normalized spacial score (nSPS) is 10.2. The SMILES string of the molecule is Cc1c(C#N)cnc2cc(N)oc12. The summed E-state index contributed by atoms with van der Waals surface area (Å²) >= 11 is 0. The molecule has 13 heavy (non-hydrogen) atoms. The summed E-state index contributed by atoms with van der Waals surface area (Å²) < 4.78 is 5.21. The van der Waals surface area contributed by atoms with Gasteiger partial charge in [0.2, 0.25) is 0 Å². The number of nitrogen functional groups attached to an aromatic ring is 1. The molecule has 2 N–H and O–H groups in total. The summed E-state index contributed by atoms with van der Waals surface area (Å²) in [6.07, 6.45) is 1.52. The van der Waals surface area contributed by atoms with Crippen molar-refractivity contribution in [3.05, 3.63) is 23.4 Å². The number of pyridine rings is 1. The molecule has 0 bridgehead atoms. The fourth-order valence-electron chi connectivity index (χ4n) is 1.23. The lowest BCUT2D eigenvalue weighted by Crippen LogP contribution is -1.84. The molecule has 0 aliphatic heterocycles. The van der Waals surface area contributed by atoms with Crippen molar-refractivity contribution in [3.63, 3.8) is 0 Å². The van der Waals surface area contributed by atoms with Crippen molar-refractivity contribution in [3.8, 4) is 6.07 Å². The van der Waals surface area contributed by atoms with Crippen molar-refractivity contribution >= 4 is 17.0 Å². The summed E-state index contributed by atoms with van der Waals surface area (Å²) in [5.41, 5.74) is 8.04. The number of anilines is 1. The topological polar surface area (TPSA) is 75.8 Å². The Kier molecular flexibility index (Phi) is 1.46. The van der Waals surface area contributed by atoms with Crippen LogP contribution in [0.25, 0.3) is 11.1 Å². The molecule has 0 aliphatic rings. The van der Waals surface area contributed by atoms with Crippen LogP contribution >= 0.6 is 0 Å². The highest BCUT2D eigenvalue weighted by Crippen LogP contribution is 2.23. The number of nitrogens with zero attached hydrogens (tertiary/aromatic N) is 2. The van der Waals surface area contributed by atoms with Crippen LogP contribution in [0.5, 0.6) is 0 Å². The average Bonchev–Trinajstić information content (AvgIpc) is 2.47. The van der Waals surface area contributed by atoms with Gasteiger partial charge in [-0.05, 0) is 6.92 Å². The molecular formula is C9H7N3O. The molecule has 0 fully saturated rings. The highest BCUT2D eigenvalue weighted by molar-refractivity contribution is 5.80. The first-order valence-corrected chi connectivity index (χ1v) is 3.77. The Morgan fingerprint density at radius 2 is 2.38 bits per heavy atom. The van der Waals surface area contributed by atoms with E-state index in [0.29, 0.717) is 22.5 Å². The van der Waals surface area contributed by atoms with Gasteiger partial charge in [-0.15, -0.1) is 0 Å². The molecule has 0 atom stereocenters. The summed E-state index contributed by atoms with van der Waals surface area (Å²) in [6.45, 7) is 1.81. The second-order valence-corrected chi connectivity index (χ2v) is 2.77. The molecule has 0 aliphatic carbocycles. The largest absolute Gasteiger partial charge is 0.439 e. The lowest BCUT2D eigenvalue weighted by Gasteiger charge is -1.95. The minimum atomic E-state index is 0.320. The van der Waals surface area contributed by atoms with Crippen LogP contribution in [-0.2, 0) is 0 Å². The van der Waals surface area contributed by atoms with Crippen molar-refractivity contribution in [1.82, 2.24) is 4.98 Å². The van der Waals surface area contributed by atoms with Crippen molar-refractivity contribution in [2.75, 3.05) is 5.73 Å². The summed E-state index contributed by atoms with van der Waals surface area (Å²) in [5, 5.41) is 8.72. The van der Waals surface area contributed by atoms with E-state index in [1.165, 1.54) is 6.20 Å². The monoisotopic (exact) mass is 173 g/mol. The molecule has 2 heterocycles. The third-order valence-electron chi connectivity index (χ3n) is 1.93. The van der Waals surface area contributed by atoms with Gasteiger partial charge in [0.05, 0.1) is 5.56 Å². The maximum Gasteiger partial charge on any atom is 0.193 e. The Balaban J connectivity index is 2.87. The van der Waals surface area contributed by atoms with Crippen LogP contribution < -0.4 is 5.73 Å². The average molecular weight is 173 g/mol. The number of fused-ring (bicyclic) bond motifs is 1. The lowest BCUT2D eigenvalue weighted by atomic mass is 10.1. The summed E-state index contributed by atoms with van der Waals surface area (Å²) in [4.78, 5) is 4.04. The van der Waals surface area contributed by atoms with Crippen LogP contribution in [0.2, 0.25) is 0 Å². The van der Waals surface area contributed by atoms with E-state index in [2.05, 4.69) is 4.98 Å². The summed E-state index contributed by atoms with van der Waals surface area (Å²) in [7, 11) is 0. The van der Waals surface area contributed by atoms with E-state index < -0.39 is 0 Å². The summed E-state index contributed by atoms with van der Waals surface area (Å²) in [6, 6.07) is 3.68. The van der Waals surface area contributed by atoms with Gasteiger partial charge in [0.1, 0.15) is 11.6 Å². The van der Waals surface area contributed by atoms with Crippen molar-refractivity contribution in [2.45, 2.75) is 6.92 Å². The highest BCUT2D eigenvalue weighted by atomic mass is 16.3. The molecule has 0 unspecified atom stereocenters. The van der Waals surface area contributed by atoms with E-state index in [9.17, 15) is 0 Å². The quantitative estimate of drug-likeness (QED) is 0.656. The molecule has 0 amide bonds. The van der Waals surface area contributed by atoms with Gasteiger partial charge in [0.25, 0.3) is 0 Å². The predicted molar refractivity (Wildman–Crippen MR) is 47.9 cm³/mol. The number of rotatable bonds is 0. The number of aromatic nitrogens is 1. The van der Waals surface area contributed by atoms with Crippen LogP contribution in [0.1, 0.15) is 11.1 Å². The van der Waals surface area contributed by atoms with Crippen LogP contribution in [0.3, 0.4) is 0 Å². The van der Waals surface area contributed by atoms with Gasteiger partial charge in [0.15, 0.2) is 11.5 Å². The number of hydrogen-bond donors (Lipinski definition) is 1. The highest BCUT2D eigenvalue weighted by Gasteiger charge is 2.08. The molecule has 4 nitrogen and oxygen atoms in total. The molecule has 4 heteroatoms. The first-order chi connectivity index (χ1) is 6.22. The Morgan fingerprint density at radius 3 is 3.08 bits per heavy atom. The first-order valence-electron chi connectivity index (χ1n) is 3.77. The molecule has 0 aromatic carbocycles. The van der Waals surface area contributed by atoms with Crippen LogP contribution in [0.15, 0.2) is 16.7 Å². The maximum absolute atomic E-state index is 8.72. The lowest BCUT2D eigenvalue weighted by molar-refractivity contribution is 0.634. The molecule has 64 valence electrons. The Hall–Kier alpha value is -2.02. The molecule has 2 aromatic rings. The summed E-state index contributed by atoms with van der Waals surface area (Å²) in [5.74, 6) is 0.320. The van der Waals surface area contributed by atoms with E-state index in [1.54, 1.807) is 6.07 Å². The maximum atomic E-state index is 8.72. The third-order valence-corrected chi connectivity index (χ3v) is 1.93. The van der Waals surface area contributed by atoms with E-state index in [-0.39, 0.29) is 0 Å². The predicted octanol–water partition coefficient (Wildman–Crippen LogP) is 1.59. The number of nitriles is 1. The van der Waals surface area contributed by atoms with Gasteiger partial charge in [-0.1, -0.05) is 0 Å². The number of aryl methyl sites for hydroxylation is 1. The molecule has 0 radical (unpaired) electrons. The van der Waals surface area contributed by atoms with Gasteiger partial charge in [-0.2, -0.15) is 5.26 Å². The minimum Gasteiger partial charge on any atom is -0.439 e. The standard InChI is InChI=1S/C9H7N3O/c1-5-6(3-10)4-12-7-2-8(11)13-9(5)7/h2,4H,11H2,1H3. The molecular weight excluding hydrogens is 166 g/mol. The zero-order valence-corrected chi connectivity index (χ0v) is 7.03. The van der Waals surface area contributed by atoms with Gasteiger partial charge in [-0.3, -0.25) is 4.98 Å².